The van der Waals surface area contributed by atoms with E-state index >= 15 is 0 Å². The van der Waals surface area contributed by atoms with E-state index in [0.29, 0.717) is 0 Å². The van der Waals surface area contributed by atoms with Gasteiger partial charge in [-0.2, -0.15) is 0 Å². The molecule has 1 fully saturated rings. The Morgan fingerprint density at radius 1 is 1.35 bits per heavy atom. The topological polar surface area (TPSA) is 24.9 Å². The summed E-state index contributed by atoms with van der Waals surface area (Å²) in [4.78, 5) is 4.38. The van der Waals surface area contributed by atoms with E-state index in [1.807, 2.05) is 12.3 Å². The van der Waals surface area contributed by atoms with Crippen molar-refractivity contribution in [3.8, 4) is 0 Å². The van der Waals surface area contributed by atoms with Gasteiger partial charge in [0, 0.05) is 17.6 Å². The standard InChI is InChI=1S/C15H17N2/c1-11(17-10-12-4-5-12)14-7-6-13-3-2-8-16-15(13)9-14/h2-3,6-9,11-12,17H,1,4-5,10H2. The molecule has 2 heteroatoms. The Kier molecular flexibility index (Phi) is 2.81. The van der Waals surface area contributed by atoms with Gasteiger partial charge in [0.25, 0.3) is 0 Å². The largest absolute Gasteiger partial charge is 0.310 e. The predicted molar refractivity (Wildman–Crippen MR) is 70.6 cm³/mol. The van der Waals surface area contributed by atoms with Crippen molar-refractivity contribution in [2.45, 2.75) is 18.9 Å². The molecular formula is C15H17N2. The van der Waals surface area contributed by atoms with Crippen LogP contribution in [0.5, 0.6) is 0 Å². The zero-order chi connectivity index (χ0) is 11.7. The maximum absolute atomic E-state index is 4.38. The summed E-state index contributed by atoms with van der Waals surface area (Å²) in [7, 11) is 0. The lowest BCUT2D eigenvalue weighted by Gasteiger charge is -2.14. The van der Waals surface area contributed by atoms with E-state index in [-0.39, 0.29) is 6.04 Å². The number of fused-ring (bicyclic) bond motifs is 1. The van der Waals surface area contributed by atoms with Crippen LogP contribution in [0.2, 0.25) is 0 Å². The van der Waals surface area contributed by atoms with E-state index in [1.54, 1.807) is 0 Å². The zero-order valence-electron chi connectivity index (χ0n) is 9.89. The quantitative estimate of drug-likeness (QED) is 0.864. The Hall–Kier alpha value is -1.41. The second kappa shape index (κ2) is 4.46. The van der Waals surface area contributed by atoms with Gasteiger partial charge in [0.2, 0.25) is 0 Å². The van der Waals surface area contributed by atoms with Crippen LogP contribution in [-0.2, 0) is 0 Å². The third kappa shape index (κ3) is 2.47. The lowest BCUT2D eigenvalue weighted by molar-refractivity contribution is 0.583. The van der Waals surface area contributed by atoms with Gasteiger partial charge in [-0.3, -0.25) is 4.98 Å². The normalized spacial score (nSPS) is 17.2. The molecule has 2 nitrogen and oxygen atoms in total. The molecule has 1 aromatic carbocycles. The first-order valence-corrected chi connectivity index (χ1v) is 6.24. The van der Waals surface area contributed by atoms with Crippen LogP contribution in [0, 0.1) is 12.8 Å². The number of hydrogen-bond acceptors (Lipinski definition) is 2. The highest BCUT2D eigenvalue weighted by Crippen LogP contribution is 2.28. The van der Waals surface area contributed by atoms with Gasteiger partial charge in [-0.1, -0.05) is 18.2 Å². The van der Waals surface area contributed by atoms with Gasteiger partial charge in [-0.05, 0) is 49.9 Å². The van der Waals surface area contributed by atoms with Crippen molar-refractivity contribution in [1.29, 1.82) is 0 Å². The number of nitrogens with one attached hydrogen (secondary N) is 1. The monoisotopic (exact) mass is 225 g/mol. The van der Waals surface area contributed by atoms with E-state index in [0.717, 1.165) is 18.0 Å². The fourth-order valence-electron chi connectivity index (χ4n) is 2.05. The summed E-state index contributed by atoms with van der Waals surface area (Å²) in [5.41, 5.74) is 2.27. The first kappa shape index (κ1) is 10.7. The summed E-state index contributed by atoms with van der Waals surface area (Å²) in [5, 5.41) is 4.67. The van der Waals surface area contributed by atoms with Crippen molar-refractivity contribution in [2.24, 2.45) is 5.92 Å². The van der Waals surface area contributed by atoms with E-state index < -0.39 is 0 Å². The average molecular weight is 225 g/mol. The molecule has 1 saturated carbocycles. The van der Waals surface area contributed by atoms with Crippen molar-refractivity contribution in [2.75, 3.05) is 6.54 Å². The van der Waals surface area contributed by atoms with E-state index in [9.17, 15) is 0 Å². The minimum atomic E-state index is 0.169. The maximum atomic E-state index is 4.38. The molecule has 0 spiro atoms. The molecule has 0 saturated heterocycles. The fourth-order valence-corrected chi connectivity index (χ4v) is 2.05. The van der Waals surface area contributed by atoms with Gasteiger partial charge in [0.1, 0.15) is 0 Å². The van der Waals surface area contributed by atoms with Crippen molar-refractivity contribution < 1.29 is 0 Å². The number of benzene rings is 1. The Balaban J connectivity index is 1.78. The minimum absolute atomic E-state index is 0.169. The first-order chi connectivity index (χ1) is 8.33. The summed E-state index contributed by atoms with van der Waals surface area (Å²) in [6.45, 7) is 5.27. The van der Waals surface area contributed by atoms with Gasteiger partial charge in [0.15, 0.2) is 0 Å². The van der Waals surface area contributed by atoms with Crippen LogP contribution in [0.1, 0.15) is 24.4 Å². The molecule has 1 aliphatic carbocycles. The zero-order valence-corrected chi connectivity index (χ0v) is 9.89. The Bertz CT molecular complexity index is 517. The van der Waals surface area contributed by atoms with Gasteiger partial charge in [-0.25, -0.2) is 0 Å². The van der Waals surface area contributed by atoms with Gasteiger partial charge < -0.3 is 5.32 Å². The van der Waals surface area contributed by atoms with Crippen LogP contribution in [0.4, 0.5) is 0 Å². The maximum Gasteiger partial charge on any atom is 0.0705 e. The first-order valence-electron chi connectivity index (χ1n) is 6.24. The molecule has 1 unspecified atom stereocenters. The van der Waals surface area contributed by atoms with Crippen molar-refractivity contribution >= 4 is 10.9 Å². The van der Waals surface area contributed by atoms with E-state index in [4.69, 9.17) is 0 Å². The number of nitrogens with zero attached hydrogens (tertiary/aromatic N) is 1. The molecule has 1 aliphatic rings. The number of rotatable bonds is 4. The van der Waals surface area contributed by atoms with Crippen molar-refractivity contribution in [3.63, 3.8) is 0 Å². The number of hydrogen-bond donors (Lipinski definition) is 1. The highest BCUT2D eigenvalue weighted by Gasteiger charge is 2.21. The highest BCUT2D eigenvalue weighted by molar-refractivity contribution is 5.79. The van der Waals surface area contributed by atoms with Crippen LogP contribution < -0.4 is 5.32 Å². The summed E-state index contributed by atoms with van der Waals surface area (Å²) < 4.78 is 0. The molecule has 1 atom stereocenters. The van der Waals surface area contributed by atoms with Crippen molar-refractivity contribution in [1.82, 2.24) is 10.3 Å². The summed E-state index contributed by atoms with van der Waals surface area (Å²) in [6, 6.07) is 10.6. The fraction of sp³-hybridized carbons (Fsp3) is 0.333. The molecule has 2 aromatic rings. The third-order valence-electron chi connectivity index (χ3n) is 3.38. The second-order valence-corrected chi connectivity index (χ2v) is 4.86. The SMILES string of the molecule is [CH2]C(NCC1CC1)c1ccc2cccnc2c1. The summed E-state index contributed by atoms with van der Waals surface area (Å²) >= 11 is 0. The van der Waals surface area contributed by atoms with E-state index in [1.165, 1.54) is 23.8 Å². The van der Waals surface area contributed by atoms with Crippen LogP contribution >= 0.6 is 0 Å². The molecule has 1 N–H and O–H groups in total. The highest BCUT2D eigenvalue weighted by atomic mass is 14.9. The molecule has 1 radical (unpaired) electrons. The molecule has 0 bridgehead atoms. The van der Waals surface area contributed by atoms with Gasteiger partial charge >= 0.3 is 0 Å². The van der Waals surface area contributed by atoms with E-state index in [2.05, 4.69) is 41.5 Å². The molecule has 1 heterocycles. The van der Waals surface area contributed by atoms with Gasteiger partial charge in [-0.15, -0.1) is 0 Å². The summed E-state index contributed by atoms with van der Waals surface area (Å²) in [5.74, 6) is 0.887. The van der Waals surface area contributed by atoms with Crippen LogP contribution in [0.3, 0.4) is 0 Å². The van der Waals surface area contributed by atoms with Gasteiger partial charge in [0.05, 0.1) is 5.52 Å². The second-order valence-electron chi connectivity index (χ2n) is 4.86. The minimum Gasteiger partial charge on any atom is -0.310 e. The van der Waals surface area contributed by atoms with Crippen LogP contribution in [0.25, 0.3) is 10.9 Å². The number of pyridine rings is 1. The molecule has 87 valence electrons. The lowest BCUT2D eigenvalue weighted by atomic mass is 10.1. The molecular weight excluding hydrogens is 208 g/mol. The Labute approximate surface area is 102 Å². The van der Waals surface area contributed by atoms with Crippen LogP contribution in [0.15, 0.2) is 36.5 Å². The lowest BCUT2D eigenvalue weighted by Crippen LogP contribution is -2.21. The molecule has 1 aromatic heterocycles. The Morgan fingerprint density at radius 3 is 3.06 bits per heavy atom. The Morgan fingerprint density at radius 2 is 2.24 bits per heavy atom. The van der Waals surface area contributed by atoms with Crippen molar-refractivity contribution in [3.05, 3.63) is 49.0 Å². The predicted octanol–water partition coefficient (Wildman–Crippen LogP) is 3.11. The number of aromatic nitrogens is 1. The smallest absolute Gasteiger partial charge is 0.0705 e. The molecule has 17 heavy (non-hydrogen) atoms. The summed E-state index contributed by atoms with van der Waals surface area (Å²) in [6.07, 6.45) is 4.58. The molecule has 3 rings (SSSR count). The third-order valence-corrected chi connectivity index (χ3v) is 3.38. The molecule has 0 aliphatic heterocycles. The average Bonchev–Trinajstić information content (AvgIpc) is 3.19. The molecule has 0 amide bonds. The van der Waals surface area contributed by atoms with Crippen LogP contribution in [-0.4, -0.2) is 11.5 Å².